The highest BCUT2D eigenvalue weighted by Crippen LogP contribution is 2.00. The summed E-state index contributed by atoms with van der Waals surface area (Å²) < 4.78 is 15.7. The SMILES string of the molecule is COCCOCCCOCc1ccccc1. The Bertz CT molecular complexity index is 249. The molecule has 0 N–H and O–H groups in total. The van der Waals surface area contributed by atoms with E-state index in [1.54, 1.807) is 7.11 Å². The minimum absolute atomic E-state index is 0.658. The van der Waals surface area contributed by atoms with E-state index in [0.717, 1.165) is 19.6 Å². The molecular weight excluding hydrogens is 204 g/mol. The Morgan fingerprint density at radius 1 is 0.875 bits per heavy atom. The smallest absolute Gasteiger partial charge is 0.0716 e. The van der Waals surface area contributed by atoms with Gasteiger partial charge in [-0.3, -0.25) is 0 Å². The average molecular weight is 224 g/mol. The average Bonchev–Trinajstić information content (AvgIpc) is 2.34. The van der Waals surface area contributed by atoms with E-state index in [0.29, 0.717) is 19.8 Å². The van der Waals surface area contributed by atoms with Crippen LogP contribution >= 0.6 is 0 Å². The minimum atomic E-state index is 0.658. The molecule has 0 atom stereocenters. The Labute approximate surface area is 97.3 Å². The molecule has 3 nitrogen and oxygen atoms in total. The topological polar surface area (TPSA) is 27.7 Å². The van der Waals surface area contributed by atoms with Gasteiger partial charge in [-0.15, -0.1) is 0 Å². The molecule has 0 amide bonds. The summed E-state index contributed by atoms with van der Waals surface area (Å²) in [6.45, 7) is 3.47. The molecule has 0 aliphatic heterocycles. The van der Waals surface area contributed by atoms with Crippen molar-refractivity contribution >= 4 is 0 Å². The quantitative estimate of drug-likeness (QED) is 0.602. The number of methoxy groups -OCH3 is 1. The summed E-state index contributed by atoms with van der Waals surface area (Å²) in [5.74, 6) is 0. The fourth-order valence-electron chi connectivity index (χ4n) is 1.27. The first-order chi connectivity index (χ1) is 7.93. The predicted octanol–water partition coefficient (Wildman–Crippen LogP) is 2.26. The van der Waals surface area contributed by atoms with Crippen LogP contribution in [-0.2, 0) is 20.8 Å². The second kappa shape index (κ2) is 9.33. The molecule has 0 aromatic heterocycles. The fourth-order valence-corrected chi connectivity index (χ4v) is 1.27. The highest BCUT2D eigenvalue weighted by atomic mass is 16.5. The molecule has 1 rings (SSSR count). The zero-order chi connectivity index (χ0) is 11.5. The second-order valence-corrected chi connectivity index (χ2v) is 3.50. The van der Waals surface area contributed by atoms with Crippen LogP contribution in [0.1, 0.15) is 12.0 Å². The standard InChI is InChI=1S/C13H20O3/c1-14-10-11-15-8-5-9-16-12-13-6-3-2-4-7-13/h2-4,6-7H,5,8-12H2,1H3. The first kappa shape index (κ1) is 13.2. The summed E-state index contributed by atoms with van der Waals surface area (Å²) in [6, 6.07) is 10.2. The summed E-state index contributed by atoms with van der Waals surface area (Å²) in [5.41, 5.74) is 1.21. The van der Waals surface area contributed by atoms with E-state index in [9.17, 15) is 0 Å². The van der Waals surface area contributed by atoms with Gasteiger partial charge < -0.3 is 14.2 Å². The molecule has 0 radical (unpaired) electrons. The molecule has 16 heavy (non-hydrogen) atoms. The van der Waals surface area contributed by atoms with Crippen LogP contribution in [0, 0.1) is 0 Å². The van der Waals surface area contributed by atoms with Crippen LogP contribution in [0.15, 0.2) is 30.3 Å². The summed E-state index contributed by atoms with van der Waals surface area (Å²) in [7, 11) is 1.67. The monoisotopic (exact) mass is 224 g/mol. The normalized spacial score (nSPS) is 10.6. The Hall–Kier alpha value is -0.900. The molecule has 1 aromatic carbocycles. The summed E-state index contributed by atoms with van der Waals surface area (Å²) >= 11 is 0. The van der Waals surface area contributed by atoms with Crippen molar-refractivity contribution in [3.8, 4) is 0 Å². The molecule has 0 spiro atoms. The molecule has 3 heteroatoms. The van der Waals surface area contributed by atoms with E-state index in [2.05, 4.69) is 12.1 Å². The molecule has 90 valence electrons. The van der Waals surface area contributed by atoms with E-state index in [4.69, 9.17) is 14.2 Å². The lowest BCUT2D eigenvalue weighted by Gasteiger charge is -2.05. The van der Waals surface area contributed by atoms with Crippen molar-refractivity contribution in [3.05, 3.63) is 35.9 Å². The van der Waals surface area contributed by atoms with Crippen molar-refractivity contribution in [1.82, 2.24) is 0 Å². The first-order valence-corrected chi connectivity index (χ1v) is 5.62. The predicted molar refractivity (Wildman–Crippen MR) is 63.4 cm³/mol. The van der Waals surface area contributed by atoms with Gasteiger partial charge in [0.05, 0.1) is 19.8 Å². The number of benzene rings is 1. The zero-order valence-corrected chi connectivity index (χ0v) is 9.85. The van der Waals surface area contributed by atoms with E-state index in [1.807, 2.05) is 18.2 Å². The van der Waals surface area contributed by atoms with Gasteiger partial charge in [-0.25, -0.2) is 0 Å². The summed E-state index contributed by atoms with van der Waals surface area (Å²) in [5, 5.41) is 0. The number of hydrogen-bond acceptors (Lipinski definition) is 3. The van der Waals surface area contributed by atoms with Gasteiger partial charge >= 0.3 is 0 Å². The maximum Gasteiger partial charge on any atom is 0.0716 e. The van der Waals surface area contributed by atoms with E-state index >= 15 is 0 Å². The molecule has 0 fully saturated rings. The lowest BCUT2D eigenvalue weighted by atomic mass is 10.2. The summed E-state index contributed by atoms with van der Waals surface area (Å²) in [6.07, 6.45) is 0.927. The Kier molecular flexibility index (Phi) is 7.68. The van der Waals surface area contributed by atoms with Gasteiger partial charge in [0.1, 0.15) is 0 Å². The van der Waals surface area contributed by atoms with E-state index in [-0.39, 0.29) is 0 Å². The highest BCUT2D eigenvalue weighted by Gasteiger charge is 1.92. The number of hydrogen-bond donors (Lipinski definition) is 0. The molecule has 0 heterocycles. The van der Waals surface area contributed by atoms with Gasteiger partial charge in [0, 0.05) is 20.3 Å². The van der Waals surface area contributed by atoms with Crippen LogP contribution in [0.25, 0.3) is 0 Å². The van der Waals surface area contributed by atoms with Crippen molar-refractivity contribution < 1.29 is 14.2 Å². The molecule has 0 aliphatic rings. The van der Waals surface area contributed by atoms with Crippen LogP contribution in [0.4, 0.5) is 0 Å². The van der Waals surface area contributed by atoms with Gasteiger partial charge in [0.25, 0.3) is 0 Å². The Morgan fingerprint density at radius 2 is 1.62 bits per heavy atom. The van der Waals surface area contributed by atoms with Gasteiger partial charge in [-0.05, 0) is 12.0 Å². The molecule has 0 aliphatic carbocycles. The van der Waals surface area contributed by atoms with E-state index in [1.165, 1.54) is 5.56 Å². The Morgan fingerprint density at radius 3 is 2.38 bits per heavy atom. The summed E-state index contributed by atoms with van der Waals surface area (Å²) in [4.78, 5) is 0. The van der Waals surface area contributed by atoms with Crippen LogP contribution in [0.5, 0.6) is 0 Å². The third-order valence-corrected chi connectivity index (χ3v) is 2.12. The van der Waals surface area contributed by atoms with Crippen LogP contribution in [-0.4, -0.2) is 33.5 Å². The Balaban J connectivity index is 1.89. The van der Waals surface area contributed by atoms with Crippen molar-refractivity contribution in [3.63, 3.8) is 0 Å². The lowest BCUT2D eigenvalue weighted by Crippen LogP contribution is -2.05. The molecular formula is C13H20O3. The third-order valence-electron chi connectivity index (χ3n) is 2.12. The van der Waals surface area contributed by atoms with Gasteiger partial charge in [0.15, 0.2) is 0 Å². The number of ether oxygens (including phenoxy) is 3. The number of rotatable bonds is 9. The maximum absolute atomic E-state index is 5.51. The van der Waals surface area contributed by atoms with Crippen molar-refractivity contribution in [2.45, 2.75) is 13.0 Å². The zero-order valence-electron chi connectivity index (χ0n) is 9.85. The highest BCUT2D eigenvalue weighted by molar-refractivity contribution is 5.13. The fraction of sp³-hybridized carbons (Fsp3) is 0.538. The first-order valence-electron chi connectivity index (χ1n) is 5.62. The van der Waals surface area contributed by atoms with Crippen LogP contribution in [0.3, 0.4) is 0 Å². The molecule has 0 unspecified atom stereocenters. The molecule has 0 saturated carbocycles. The lowest BCUT2D eigenvalue weighted by molar-refractivity contribution is 0.0483. The third kappa shape index (κ3) is 6.56. The van der Waals surface area contributed by atoms with Crippen molar-refractivity contribution in [2.75, 3.05) is 33.5 Å². The molecule has 1 aromatic rings. The van der Waals surface area contributed by atoms with Crippen molar-refractivity contribution in [1.29, 1.82) is 0 Å². The van der Waals surface area contributed by atoms with Gasteiger partial charge in [-0.1, -0.05) is 30.3 Å². The molecule has 0 saturated heterocycles. The molecule has 0 bridgehead atoms. The van der Waals surface area contributed by atoms with Crippen molar-refractivity contribution in [2.24, 2.45) is 0 Å². The van der Waals surface area contributed by atoms with E-state index < -0.39 is 0 Å². The van der Waals surface area contributed by atoms with Gasteiger partial charge in [0.2, 0.25) is 0 Å². The van der Waals surface area contributed by atoms with Gasteiger partial charge in [-0.2, -0.15) is 0 Å². The van der Waals surface area contributed by atoms with Crippen LogP contribution < -0.4 is 0 Å². The largest absolute Gasteiger partial charge is 0.382 e. The second-order valence-electron chi connectivity index (χ2n) is 3.50. The van der Waals surface area contributed by atoms with Crippen LogP contribution in [0.2, 0.25) is 0 Å². The maximum atomic E-state index is 5.51. The minimum Gasteiger partial charge on any atom is -0.382 e.